The molecule has 3 rings (SSSR count). The number of nitrogens with zero attached hydrogens (tertiary/aromatic N) is 3. The van der Waals surface area contributed by atoms with Crippen LogP contribution in [0.5, 0.6) is 0 Å². The molecule has 0 radical (unpaired) electrons. The lowest BCUT2D eigenvalue weighted by Gasteiger charge is -2.18. The molecule has 2 aromatic heterocycles. The van der Waals surface area contributed by atoms with Gasteiger partial charge in [0.2, 0.25) is 5.91 Å². The van der Waals surface area contributed by atoms with Gasteiger partial charge in [0.25, 0.3) is 5.91 Å². The van der Waals surface area contributed by atoms with Crippen LogP contribution in [0.1, 0.15) is 22.5 Å². The van der Waals surface area contributed by atoms with Crippen LogP contribution in [0.3, 0.4) is 0 Å². The number of aromatic nitrogens is 3. The van der Waals surface area contributed by atoms with Gasteiger partial charge in [0, 0.05) is 23.5 Å². The van der Waals surface area contributed by atoms with Gasteiger partial charge in [0.05, 0.1) is 22.8 Å². The molecule has 0 saturated carbocycles. The maximum Gasteiger partial charge on any atom is 0.253 e. The summed E-state index contributed by atoms with van der Waals surface area (Å²) in [5.74, 6) is 0.300. The largest absolute Gasteiger partial charge is 0.340 e. The van der Waals surface area contributed by atoms with Crippen LogP contribution in [-0.2, 0) is 11.3 Å². The van der Waals surface area contributed by atoms with Crippen LogP contribution in [0.2, 0.25) is 10.0 Å². The number of carbonyl (C=O) groups is 2. The summed E-state index contributed by atoms with van der Waals surface area (Å²) in [6.07, 6.45) is 5.87. The summed E-state index contributed by atoms with van der Waals surface area (Å²) in [5.41, 5.74) is 1.11. The van der Waals surface area contributed by atoms with Gasteiger partial charge in [0.15, 0.2) is 5.82 Å². The van der Waals surface area contributed by atoms with E-state index in [1.165, 1.54) is 12.1 Å². The maximum absolute atomic E-state index is 12.8. The summed E-state index contributed by atoms with van der Waals surface area (Å²) in [6.45, 7) is 0.485. The zero-order chi connectivity index (χ0) is 22.2. The fourth-order valence-corrected chi connectivity index (χ4v) is 3.77. The third kappa shape index (κ3) is 6.72. The van der Waals surface area contributed by atoms with Crippen molar-refractivity contribution in [2.24, 2.45) is 0 Å². The smallest absolute Gasteiger partial charge is 0.253 e. The van der Waals surface area contributed by atoms with E-state index in [4.69, 9.17) is 23.2 Å². The molecule has 0 aliphatic heterocycles. The molecule has 2 heterocycles. The lowest BCUT2D eigenvalue weighted by atomic mass is 10.1. The Morgan fingerprint density at radius 2 is 2.03 bits per heavy atom. The van der Waals surface area contributed by atoms with Crippen LogP contribution >= 0.6 is 35.0 Å². The lowest BCUT2D eigenvalue weighted by Crippen LogP contribution is -2.44. The van der Waals surface area contributed by atoms with E-state index in [0.717, 1.165) is 5.69 Å². The van der Waals surface area contributed by atoms with Crippen molar-refractivity contribution in [1.82, 2.24) is 20.1 Å². The minimum absolute atomic E-state index is 0.224. The molecule has 3 aromatic rings. The quantitative estimate of drug-likeness (QED) is 0.483. The maximum atomic E-state index is 12.8. The summed E-state index contributed by atoms with van der Waals surface area (Å²) < 4.78 is 1.68. The molecular weight excluding hydrogens is 457 g/mol. The molecule has 0 spiro atoms. The van der Waals surface area contributed by atoms with Crippen LogP contribution in [0.15, 0.2) is 54.9 Å². The molecule has 0 fully saturated rings. The molecule has 0 aliphatic carbocycles. The van der Waals surface area contributed by atoms with Gasteiger partial charge in [-0.3, -0.25) is 19.3 Å². The second-order valence-corrected chi connectivity index (χ2v) is 8.47. The van der Waals surface area contributed by atoms with Crippen LogP contribution in [0, 0.1) is 0 Å². The molecular formula is C21H21Cl2N5O2S. The van der Waals surface area contributed by atoms with E-state index in [2.05, 4.69) is 20.7 Å². The monoisotopic (exact) mass is 477 g/mol. The van der Waals surface area contributed by atoms with Crippen molar-refractivity contribution in [3.05, 3.63) is 76.2 Å². The summed E-state index contributed by atoms with van der Waals surface area (Å²) in [5, 5.41) is 10.5. The fourth-order valence-electron chi connectivity index (χ4n) is 2.80. The Balaban J connectivity index is 1.66. The average molecular weight is 478 g/mol. The first-order valence-corrected chi connectivity index (χ1v) is 11.6. The first kappa shape index (κ1) is 23.1. The number of nitrogens with one attached hydrogen (secondary N) is 2. The molecule has 0 bridgehead atoms. The van der Waals surface area contributed by atoms with E-state index in [0.29, 0.717) is 29.6 Å². The predicted octanol–water partition coefficient (Wildman–Crippen LogP) is 4.12. The van der Waals surface area contributed by atoms with Gasteiger partial charge in [-0.2, -0.15) is 16.9 Å². The van der Waals surface area contributed by atoms with Crippen LogP contribution in [-0.4, -0.2) is 44.6 Å². The van der Waals surface area contributed by atoms with Gasteiger partial charge >= 0.3 is 0 Å². The van der Waals surface area contributed by atoms with Crippen molar-refractivity contribution >= 4 is 52.6 Å². The van der Waals surface area contributed by atoms with Crippen LogP contribution < -0.4 is 10.6 Å². The highest BCUT2D eigenvalue weighted by molar-refractivity contribution is 7.98. The third-order valence-corrected chi connectivity index (χ3v) is 5.54. The highest BCUT2D eigenvalue weighted by Crippen LogP contribution is 2.21. The Morgan fingerprint density at radius 3 is 2.74 bits per heavy atom. The Labute approximate surface area is 194 Å². The van der Waals surface area contributed by atoms with Gasteiger partial charge in [-0.15, -0.1) is 0 Å². The highest BCUT2D eigenvalue weighted by Gasteiger charge is 2.23. The molecule has 1 unspecified atom stereocenters. The van der Waals surface area contributed by atoms with Crippen LogP contribution in [0.4, 0.5) is 5.82 Å². The minimum Gasteiger partial charge on any atom is -0.340 e. The number of amides is 2. The Hall–Kier alpha value is -2.55. The molecule has 2 N–H and O–H groups in total. The number of hydrogen-bond acceptors (Lipinski definition) is 5. The summed E-state index contributed by atoms with van der Waals surface area (Å²) in [6, 6.07) is 11.2. The van der Waals surface area contributed by atoms with Crippen molar-refractivity contribution in [3.63, 3.8) is 0 Å². The fraction of sp³-hybridized carbons (Fsp3) is 0.238. The van der Waals surface area contributed by atoms with Crippen molar-refractivity contribution in [2.75, 3.05) is 17.3 Å². The molecule has 0 saturated heterocycles. The molecule has 1 aromatic carbocycles. The summed E-state index contributed by atoms with van der Waals surface area (Å²) in [7, 11) is 0. The number of thioether (sulfide) groups is 1. The van der Waals surface area contributed by atoms with E-state index in [9.17, 15) is 9.59 Å². The number of halogens is 2. The Morgan fingerprint density at radius 1 is 1.19 bits per heavy atom. The number of rotatable bonds is 9. The topological polar surface area (TPSA) is 88.9 Å². The minimum atomic E-state index is -0.743. The lowest BCUT2D eigenvalue weighted by molar-refractivity contribution is -0.118. The molecule has 0 aliphatic rings. The third-order valence-electron chi connectivity index (χ3n) is 4.35. The van der Waals surface area contributed by atoms with Gasteiger partial charge in [-0.25, -0.2) is 0 Å². The SMILES string of the molecule is CSCCC(NC(=O)c1ccc(Cl)cc1Cl)C(=O)Nc1ccn(Cc2ccccn2)n1. The average Bonchev–Trinajstić information content (AvgIpc) is 3.18. The summed E-state index contributed by atoms with van der Waals surface area (Å²) >= 11 is 13.6. The van der Waals surface area contributed by atoms with Gasteiger partial charge in [-0.1, -0.05) is 29.3 Å². The normalized spacial score (nSPS) is 11.7. The number of benzene rings is 1. The van der Waals surface area contributed by atoms with Gasteiger partial charge in [-0.05, 0) is 48.8 Å². The van der Waals surface area contributed by atoms with E-state index in [1.54, 1.807) is 41.0 Å². The second kappa shape index (κ2) is 11.2. The Kier molecular flexibility index (Phi) is 8.34. The number of carbonyl (C=O) groups excluding carboxylic acids is 2. The second-order valence-electron chi connectivity index (χ2n) is 6.64. The Bertz CT molecular complexity index is 1050. The molecule has 2 amide bonds. The zero-order valence-electron chi connectivity index (χ0n) is 16.7. The number of anilines is 1. The van der Waals surface area contributed by atoms with E-state index < -0.39 is 11.9 Å². The molecule has 31 heavy (non-hydrogen) atoms. The molecule has 162 valence electrons. The first-order chi connectivity index (χ1) is 15.0. The van der Waals surface area contributed by atoms with Crippen molar-refractivity contribution in [2.45, 2.75) is 19.0 Å². The zero-order valence-corrected chi connectivity index (χ0v) is 19.0. The highest BCUT2D eigenvalue weighted by atomic mass is 35.5. The van der Waals surface area contributed by atoms with Gasteiger partial charge in [0.1, 0.15) is 6.04 Å². The molecule has 10 heteroatoms. The molecule has 7 nitrogen and oxygen atoms in total. The van der Waals surface area contributed by atoms with Crippen molar-refractivity contribution < 1.29 is 9.59 Å². The first-order valence-electron chi connectivity index (χ1n) is 9.45. The number of pyridine rings is 1. The predicted molar refractivity (Wildman–Crippen MR) is 125 cm³/mol. The standard InChI is InChI=1S/C21H21Cl2N5O2S/c1-31-11-8-18(25-20(29)16-6-5-14(22)12-17(16)23)21(30)26-19-7-10-28(27-19)13-15-4-2-3-9-24-15/h2-7,9-10,12,18H,8,11,13H2,1H3,(H,25,29)(H,26,27,30). The molecule has 1 atom stereocenters. The van der Waals surface area contributed by atoms with Gasteiger partial charge < -0.3 is 10.6 Å². The number of hydrogen-bond donors (Lipinski definition) is 2. The van der Waals surface area contributed by atoms with Crippen molar-refractivity contribution in [3.8, 4) is 0 Å². The van der Waals surface area contributed by atoms with E-state index in [-0.39, 0.29) is 16.5 Å². The van der Waals surface area contributed by atoms with Crippen LogP contribution in [0.25, 0.3) is 0 Å². The van der Waals surface area contributed by atoms with E-state index in [1.807, 2.05) is 24.5 Å². The van der Waals surface area contributed by atoms with E-state index >= 15 is 0 Å². The van der Waals surface area contributed by atoms with Crippen molar-refractivity contribution in [1.29, 1.82) is 0 Å². The summed E-state index contributed by atoms with van der Waals surface area (Å²) in [4.78, 5) is 29.8.